The van der Waals surface area contributed by atoms with Crippen LogP contribution in [0, 0.1) is 0 Å². The van der Waals surface area contributed by atoms with Gasteiger partial charge < -0.3 is 26.2 Å². The largest absolute Gasteiger partial charge is 0.543 e. The number of amides is 3. The summed E-state index contributed by atoms with van der Waals surface area (Å²) in [7, 11) is 2.78. The molecule has 1 saturated heterocycles. The van der Waals surface area contributed by atoms with Gasteiger partial charge in [0.15, 0.2) is 18.9 Å². The predicted octanol–water partition coefficient (Wildman–Crippen LogP) is -2.92. The quantitative estimate of drug-likeness (QED) is 0.158. The van der Waals surface area contributed by atoms with E-state index < -0.39 is 34.4 Å². The van der Waals surface area contributed by atoms with E-state index in [1.807, 2.05) is 0 Å². The third kappa shape index (κ3) is 4.45. The number of fused-ring (bicyclic) bond motifs is 1. The van der Waals surface area contributed by atoms with Crippen molar-refractivity contribution in [3.63, 3.8) is 0 Å². The molecule has 2 aromatic heterocycles. The van der Waals surface area contributed by atoms with Gasteiger partial charge in [0.2, 0.25) is 17.8 Å². The number of nitrogen functional groups attached to an aromatic ring is 1. The highest BCUT2D eigenvalue weighted by Crippen LogP contribution is 2.45. The molecule has 0 aromatic carbocycles. The van der Waals surface area contributed by atoms with Crippen molar-refractivity contribution in [3.8, 4) is 0 Å². The molecule has 0 radical (unpaired) electrons. The minimum absolute atomic E-state index is 0.00908. The summed E-state index contributed by atoms with van der Waals surface area (Å²) >= 11 is 1.16. The van der Waals surface area contributed by atoms with Gasteiger partial charge in [-0.25, -0.2) is 9.25 Å². The van der Waals surface area contributed by atoms with Gasteiger partial charge in [0, 0.05) is 19.2 Å². The topological polar surface area (TPSA) is 206 Å². The van der Waals surface area contributed by atoms with Crippen molar-refractivity contribution in [1.29, 1.82) is 0 Å². The Hall–Kier alpha value is -4.47. The number of rotatable bonds is 8. The number of hydrogen-bond donors (Lipinski definition) is 2. The molecule has 0 bridgehead atoms. The zero-order valence-corrected chi connectivity index (χ0v) is 19.9. The van der Waals surface area contributed by atoms with Gasteiger partial charge in [-0.3, -0.25) is 24.2 Å². The number of nitrogens with two attached hydrogens (primary N) is 2. The van der Waals surface area contributed by atoms with E-state index in [1.54, 1.807) is 4.57 Å². The Morgan fingerprint density at radius 2 is 2.08 bits per heavy atom. The highest BCUT2D eigenvalue weighted by molar-refractivity contribution is 8.01. The van der Waals surface area contributed by atoms with Crippen LogP contribution < -0.4 is 26.0 Å². The van der Waals surface area contributed by atoms with Crippen LogP contribution >= 0.6 is 11.8 Å². The molecule has 188 valence electrons. The number of aromatic nitrogens is 4. The van der Waals surface area contributed by atoms with Crippen molar-refractivity contribution >= 4 is 53.6 Å². The van der Waals surface area contributed by atoms with Gasteiger partial charge in [0.25, 0.3) is 11.9 Å². The molecule has 4 N–H and O–H groups in total. The molecule has 3 amide bonds. The standard InChI is InChI=1S/C20H21N9O6S/c1-26-19(22)24-20(25-26)29(13(31)8-23-35-2)17-11(9-27-5-3-10(4-6-27)16(21)32)15(18(33)34)28-12(30)7-14(28)36-17/h3-6,8,14,17H,7,9H2,1-2H3,(H4-,21,22,24,25,32,33,34)/t14-,17?/m0/s1. The van der Waals surface area contributed by atoms with Gasteiger partial charge >= 0.3 is 0 Å². The van der Waals surface area contributed by atoms with Crippen molar-refractivity contribution in [2.45, 2.75) is 23.7 Å². The molecule has 0 spiro atoms. The fraction of sp³-hybridized carbons (Fsp3) is 0.300. The summed E-state index contributed by atoms with van der Waals surface area (Å²) in [5.74, 6) is -3.43. The molecule has 4 heterocycles. The monoisotopic (exact) mass is 515 g/mol. The average Bonchev–Trinajstić information content (AvgIpc) is 3.16. The van der Waals surface area contributed by atoms with Gasteiger partial charge in [-0.15, -0.1) is 16.9 Å². The van der Waals surface area contributed by atoms with E-state index in [4.69, 9.17) is 11.5 Å². The molecule has 2 aromatic rings. The maximum atomic E-state index is 13.2. The molecule has 0 saturated carbocycles. The number of hydrogen-bond acceptors (Lipinski definition) is 11. The molecule has 16 heteroatoms. The van der Waals surface area contributed by atoms with Crippen LogP contribution in [0.5, 0.6) is 0 Å². The Kier molecular flexibility index (Phi) is 6.61. The SMILES string of the molecule is CON=CC(=O)N(c1nc(N)n(C)n1)C1S[C@H]2CC(=O)N2C(C(=O)[O-])=C1C[n+]1ccc(C(N)=O)cc1. The third-order valence-electron chi connectivity index (χ3n) is 5.50. The molecule has 1 fully saturated rings. The smallest absolute Gasteiger partial charge is 0.276 e. The number of aryl methyl sites for hydroxylation is 1. The normalized spacial score (nSPS) is 19.2. The molecule has 0 aliphatic carbocycles. The molecule has 2 aliphatic rings. The Balaban J connectivity index is 1.86. The molecular weight excluding hydrogens is 494 g/mol. The average molecular weight is 516 g/mol. The van der Waals surface area contributed by atoms with Crippen molar-refractivity contribution in [2.24, 2.45) is 17.9 Å². The van der Waals surface area contributed by atoms with Crippen molar-refractivity contribution in [3.05, 3.63) is 41.4 Å². The number of anilines is 2. The van der Waals surface area contributed by atoms with Gasteiger partial charge in [-0.2, -0.15) is 4.98 Å². The summed E-state index contributed by atoms with van der Waals surface area (Å²) in [5, 5.41) is 18.4. The number of carboxylic acid groups (broad SMARTS) is 1. The number of carbonyl (C=O) groups excluding carboxylic acids is 4. The number of thioether (sulfide) groups is 1. The van der Waals surface area contributed by atoms with Crippen molar-refractivity contribution < 1.29 is 33.7 Å². The van der Waals surface area contributed by atoms with Gasteiger partial charge in [0.1, 0.15) is 18.7 Å². The fourth-order valence-corrected chi connectivity index (χ4v) is 5.31. The molecule has 2 atom stereocenters. The lowest BCUT2D eigenvalue weighted by molar-refractivity contribution is -0.689. The van der Waals surface area contributed by atoms with E-state index in [2.05, 4.69) is 20.1 Å². The molecular formula is C20H21N9O6S. The van der Waals surface area contributed by atoms with Crippen LogP contribution in [0.2, 0.25) is 0 Å². The first-order valence-electron chi connectivity index (χ1n) is 10.4. The maximum absolute atomic E-state index is 13.2. The number of primary amides is 1. The van der Waals surface area contributed by atoms with E-state index in [0.29, 0.717) is 0 Å². The van der Waals surface area contributed by atoms with E-state index in [-0.39, 0.29) is 41.7 Å². The fourth-order valence-electron chi connectivity index (χ4n) is 3.75. The van der Waals surface area contributed by atoms with E-state index in [9.17, 15) is 24.3 Å². The van der Waals surface area contributed by atoms with Crippen LogP contribution in [0.15, 0.2) is 41.0 Å². The molecule has 2 aliphatic heterocycles. The first-order chi connectivity index (χ1) is 17.1. The van der Waals surface area contributed by atoms with Gasteiger partial charge in [-0.1, -0.05) is 5.16 Å². The molecule has 36 heavy (non-hydrogen) atoms. The number of carbonyl (C=O) groups is 4. The maximum Gasteiger partial charge on any atom is 0.276 e. The number of pyridine rings is 1. The summed E-state index contributed by atoms with van der Waals surface area (Å²) in [5.41, 5.74) is 11.2. The summed E-state index contributed by atoms with van der Waals surface area (Å²) in [6, 6.07) is 2.92. The second-order valence-corrected chi connectivity index (χ2v) is 8.98. The third-order valence-corrected chi connectivity index (χ3v) is 6.94. The van der Waals surface area contributed by atoms with Crippen molar-refractivity contribution in [2.75, 3.05) is 17.7 Å². The first kappa shape index (κ1) is 24.6. The number of aliphatic carboxylic acids is 1. The van der Waals surface area contributed by atoms with Crippen LogP contribution in [0.25, 0.3) is 0 Å². The summed E-state index contributed by atoms with van der Waals surface area (Å²) in [6.07, 6.45) is 3.98. The zero-order valence-electron chi connectivity index (χ0n) is 19.1. The Bertz CT molecular complexity index is 1290. The van der Waals surface area contributed by atoms with Crippen LogP contribution in [0.1, 0.15) is 16.8 Å². The van der Waals surface area contributed by atoms with Gasteiger partial charge in [-0.05, 0) is 0 Å². The lowest BCUT2D eigenvalue weighted by Crippen LogP contribution is -2.60. The highest BCUT2D eigenvalue weighted by Gasteiger charge is 2.50. The van der Waals surface area contributed by atoms with Crippen LogP contribution in [-0.4, -0.2) is 67.4 Å². The highest BCUT2D eigenvalue weighted by atomic mass is 32.2. The minimum atomic E-state index is -1.59. The van der Waals surface area contributed by atoms with Gasteiger partial charge in [0.05, 0.1) is 34.6 Å². The second kappa shape index (κ2) is 9.65. The van der Waals surface area contributed by atoms with Crippen LogP contribution in [0.4, 0.5) is 11.9 Å². The number of carboxylic acids is 1. The van der Waals surface area contributed by atoms with Crippen molar-refractivity contribution in [1.82, 2.24) is 19.7 Å². The molecule has 1 unspecified atom stereocenters. The predicted molar refractivity (Wildman–Crippen MR) is 122 cm³/mol. The zero-order chi connectivity index (χ0) is 26.1. The number of nitrogens with zero attached hydrogens (tertiary/aromatic N) is 7. The van der Waals surface area contributed by atoms with E-state index in [1.165, 1.54) is 43.4 Å². The Morgan fingerprint density at radius 1 is 1.39 bits per heavy atom. The Labute approximate surface area is 208 Å². The Morgan fingerprint density at radius 3 is 2.61 bits per heavy atom. The molecule has 4 rings (SSSR count). The lowest BCUT2D eigenvalue weighted by atomic mass is 10.1. The van der Waals surface area contributed by atoms with Crippen LogP contribution in [-0.2, 0) is 32.8 Å². The number of β-lactam (4-membered cyclic amide) rings is 1. The number of oxime groups is 1. The first-order valence-corrected chi connectivity index (χ1v) is 11.3. The summed E-state index contributed by atoms with van der Waals surface area (Å²) in [6.45, 7) is -0.0932. The minimum Gasteiger partial charge on any atom is -0.543 e. The summed E-state index contributed by atoms with van der Waals surface area (Å²) in [4.78, 5) is 60.3. The summed E-state index contributed by atoms with van der Waals surface area (Å²) < 4.78 is 2.81. The van der Waals surface area contributed by atoms with E-state index >= 15 is 0 Å². The second-order valence-electron chi connectivity index (χ2n) is 7.71. The lowest BCUT2D eigenvalue weighted by Gasteiger charge is -2.49. The molecule has 15 nitrogen and oxygen atoms in total. The van der Waals surface area contributed by atoms with E-state index in [0.717, 1.165) is 27.8 Å². The van der Waals surface area contributed by atoms with Crippen LogP contribution in [0.3, 0.4) is 0 Å².